The number of fused-ring (bicyclic) bond motifs is 1. The van der Waals surface area contributed by atoms with Gasteiger partial charge in [0.05, 0.1) is 6.61 Å². The molecule has 0 aromatic heterocycles. The third-order valence-corrected chi connectivity index (χ3v) is 3.51. The molecule has 19 heavy (non-hydrogen) atoms. The molecule has 3 rings (SSSR count). The Hall–Kier alpha value is -1.80. The van der Waals surface area contributed by atoms with Crippen LogP contribution in [0.15, 0.2) is 48.5 Å². The quantitative estimate of drug-likeness (QED) is 0.831. The topological polar surface area (TPSA) is 18.5 Å². The Balaban J connectivity index is 1.69. The van der Waals surface area contributed by atoms with E-state index in [2.05, 4.69) is 43.3 Å². The van der Waals surface area contributed by atoms with Gasteiger partial charge in [0, 0.05) is 0 Å². The SMILES string of the molecule is Cc1ccc(OCC2OCCc3ccccc32)cc1. The molecule has 0 N–H and O–H groups in total. The van der Waals surface area contributed by atoms with Gasteiger partial charge >= 0.3 is 0 Å². The third-order valence-electron chi connectivity index (χ3n) is 3.51. The van der Waals surface area contributed by atoms with Gasteiger partial charge in [-0.3, -0.25) is 0 Å². The van der Waals surface area contributed by atoms with Crippen LogP contribution in [0.25, 0.3) is 0 Å². The maximum Gasteiger partial charge on any atom is 0.119 e. The first-order valence-corrected chi connectivity index (χ1v) is 6.72. The van der Waals surface area contributed by atoms with E-state index < -0.39 is 0 Å². The van der Waals surface area contributed by atoms with Gasteiger partial charge in [-0.1, -0.05) is 42.0 Å². The Kier molecular flexibility index (Phi) is 3.51. The zero-order chi connectivity index (χ0) is 13.1. The molecule has 98 valence electrons. The van der Waals surface area contributed by atoms with Gasteiger partial charge in [-0.05, 0) is 36.6 Å². The highest BCUT2D eigenvalue weighted by Gasteiger charge is 2.20. The van der Waals surface area contributed by atoms with Crippen LogP contribution in [-0.2, 0) is 11.2 Å². The Labute approximate surface area is 114 Å². The first-order chi connectivity index (χ1) is 9.33. The van der Waals surface area contributed by atoms with E-state index in [1.807, 2.05) is 12.1 Å². The largest absolute Gasteiger partial charge is 0.491 e. The molecule has 0 amide bonds. The van der Waals surface area contributed by atoms with E-state index in [1.165, 1.54) is 16.7 Å². The molecule has 0 aliphatic carbocycles. The number of aryl methyl sites for hydroxylation is 1. The van der Waals surface area contributed by atoms with Crippen molar-refractivity contribution in [1.82, 2.24) is 0 Å². The lowest BCUT2D eigenvalue weighted by Gasteiger charge is -2.26. The summed E-state index contributed by atoms with van der Waals surface area (Å²) in [6.45, 7) is 3.42. The van der Waals surface area contributed by atoms with Gasteiger partial charge in [0.2, 0.25) is 0 Å². The molecule has 0 saturated heterocycles. The molecule has 0 radical (unpaired) electrons. The molecule has 1 unspecified atom stereocenters. The third kappa shape index (κ3) is 2.79. The predicted octanol–water partition coefficient (Wildman–Crippen LogP) is 3.69. The summed E-state index contributed by atoms with van der Waals surface area (Å²) in [4.78, 5) is 0. The van der Waals surface area contributed by atoms with Gasteiger partial charge in [0.1, 0.15) is 18.5 Å². The molecular weight excluding hydrogens is 236 g/mol. The molecule has 0 fully saturated rings. The fourth-order valence-corrected chi connectivity index (χ4v) is 2.42. The highest BCUT2D eigenvalue weighted by molar-refractivity contribution is 5.31. The summed E-state index contributed by atoms with van der Waals surface area (Å²) >= 11 is 0. The number of benzene rings is 2. The molecule has 1 aliphatic rings. The summed E-state index contributed by atoms with van der Waals surface area (Å²) in [6, 6.07) is 16.6. The Bertz CT molecular complexity index is 545. The van der Waals surface area contributed by atoms with Gasteiger partial charge in [0.25, 0.3) is 0 Å². The Morgan fingerprint density at radius 3 is 2.74 bits per heavy atom. The second-order valence-corrected chi connectivity index (χ2v) is 4.93. The molecule has 1 heterocycles. The average molecular weight is 254 g/mol. The summed E-state index contributed by atoms with van der Waals surface area (Å²) in [7, 11) is 0. The van der Waals surface area contributed by atoms with Crippen LogP contribution in [0.3, 0.4) is 0 Å². The standard InChI is InChI=1S/C17H18O2/c1-13-6-8-15(9-7-13)19-12-17-16-5-3-2-4-14(16)10-11-18-17/h2-9,17H,10-12H2,1H3. The minimum atomic E-state index is 0.0475. The molecule has 0 saturated carbocycles. The first-order valence-electron chi connectivity index (χ1n) is 6.72. The van der Waals surface area contributed by atoms with Crippen molar-refractivity contribution in [3.05, 3.63) is 65.2 Å². The predicted molar refractivity (Wildman–Crippen MR) is 75.5 cm³/mol. The average Bonchev–Trinajstić information content (AvgIpc) is 2.47. The van der Waals surface area contributed by atoms with Crippen molar-refractivity contribution in [2.24, 2.45) is 0 Å². The van der Waals surface area contributed by atoms with Crippen molar-refractivity contribution in [2.45, 2.75) is 19.4 Å². The van der Waals surface area contributed by atoms with Gasteiger partial charge in [-0.2, -0.15) is 0 Å². The van der Waals surface area contributed by atoms with Gasteiger partial charge < -0.3 is 9.47 Å². The molecule has 1 atom stereocenters. The van der Waals surface area contributed by atoms with Crippen LogP contribution in [0.5, 0.6) is 5.75 Å². The molecule has 2 nitrogen and oxygen atoms in total. The summed E-state index contributed by atoms with van der Waals surface area (Å²) in [5, 5.41) is 0. The summed E-state index contributed by atoms with van der Waals surface area (Å²) < 4.78 is 11.7. The number of hydrogen-bond acceptors (Lipinski definition) is 2. The van der Waals surface area contributed by atoms with Gasteiger partial charge in [0.15, 0.2) is 0 Å². The Morgan fingerprint density at radius 1 is 1.11 bits per heavy atom. The normalized spacial score (nSPS) is 17.8. The van der Waals surface area contributed by atoms with Crippen molar-refractivity contribution < 1.29 is 9.47 Å². The lowest BCUT2D eigenvalue weighted by molar-refractivity contribution is 0.0102. The van der Waals surface area contributed by atoms with Crippen LogP contribution in [0, 0.1) is 6.92 Å². The van der Waals surface area contributed by atoms with E-state index in [9.17, 15) is 0 Å². The van der Waals surface area contributed by atoms with E-state index in [0.717, 1.165) is 18.8 Å². The highest BCUT2D eigenvalue weighted by Crippen LogP contribution is 2.27. The zero-order valence-electron chi connectivity index (χ0n) is 11.1. The van der Waals surface area contributed by atoms with Crippen molar-refractivity contribution in [1.29, 1.82) is 0 Å². The van der Waals surface area contributed by atoms with E-state index >= 15 is 0 Å². The minimum absolute atomic E-state index is 0.0475. The maximum absolute atomic E-state index is 5.83. The molecule has 2 aromatic rings. The molecule has 2 heteroatoms. The number of hydrogen-bond donors (Lipinski definition) is 0. The fraction of sp³-hybridized carbons (Fsp3) is 0.294. The van der Waals surface area contributed by atoms with E-state index in [4.69, 9.17) is 9.47 Å². The van der Waals surface area contributed by atoms with Crippen LogP contribution in [0.1, 0.15) is 22.8 Å². The number of ether oxygens (including phenoxy) is 2. The van der Waals surface area contributed by atoms with Crippen LogP contribution in [0.2, 0.25) is 0 Å². The zero-order valence-corrected chi connectivity index (χ0v) is 11.1. The molecular formula is C17H18O2. The van der Waals surface area contributed by atoms with E-state index in [1.54, 1.807) is 0 Å². The maximum atomic E-state index is 5.83. The van der Waals surface area contributed by atoms with E-state index in [-0.39, 0.29) is 6.10 Å². The van der Waals surface area contributed by atoms with Crippen molar-refractivity contribution in [3.8, 4) is 5.75 Å². The summed E-state index contributed by atoms with van der Waals surface area (Å²) in [6.07, 6.45) is 1.04. The minimum Gasteiger partial charge on any atom is -0.491 e. The lowest BCUT2D eigenvalue weighted by atomic mass is 9.98. The molecule has 0 spiro atoms. The smallest absolute Gasteiger partial charge is 0.119 e. The fourth-order valence-electron chi connectivity index (χ4n) is 2.42. The van der Waals surface area contributed by atoms with Gasteiger partial charge in [-0.25, -0.2) is 0 Å². The van der Waals surface area contributed by atoms with Gasteiger partial charge in [-0.15, -0.1) is 0 Å². The van der Waals surface area contributed by atoms with Crippen LogP contribution in [-0.4, -0.2) is 13.2 Å². The van der Waals surface area contributed by atoms with E-state index in [0.29, 0.717) is 6.61 Å². The molecule has 2 aromatic carbocycles. The lowest BCUT2D eigenvalue weighted by Crippen LogP contribution is -2.21. The monoisotopic (exact) mass is 254 g/mol. The molecule has 1 aliphatic heterocycles. The van der Waals surface area contributed by atoms with Crippen molar-refractivity contribution in [3.63, 3.8) is 0 Å². The summed E-state index contributed by atoms with van der Waals surface area (Å²) in [5.74, 6) is 0.900. The second kappa shape index (κ2) is 5.45. The first kappa shape index (κ1) is 12.2. The molecule has 0 bridgehead atoms. The Morgan fingerprint density at radius 2 is 1.89 bits per heavy atom. The highest BCUT2D eigenvalue weighted by atomic mass is 16.5. The van der Waals surface area contributed by atoms with Crippen LogP contribution in [0.4, 0.5) is 0 Å². The van der Waals surface area contributed by atoms with Crippen LogP contribution >= 0.6 is 0 Å². The van der Waals surface area contributed by atoms with Crippen molar-refractivity contribution in [2.75, 3.05) is 13.2 Å². The number of rotatable bonds is 3. The summed E-state index contributed by atoms with van der Waals surface area (Å²) in [5.41, 5.74) is 3.89. The second-order valence-electron chi connectivity index (χ2n) is 4.93. The van der Waals surface area contributed by atoms with Crippen molar-refractivity contribution >= 4 is 0 Å². The van der Waals surface area contributed by atoms with Crippen LogP contribution < -0.4 is 4.74 Å².